The Balaban J connectivity index is 1.58. The van der Waals surface area contributed by atoms with Gasteiger partial charge in [-0.25, -0.2) is 0 Å². The molecule has 1 aromatic heterocycles. The van der Waals surface area contributed by atoms with Crippen molar-refractivity contribution in [3.05, 3.63) is 59.4 Å². The number of benzene rings is 1. The number of likely N-dealkylation sites (N-methyl/N-ethyl adjacent to an activating group) is 1. The van der Waals surface area contributed by atoms with Crippen molar-refractivity contribution < 1.29 is 9.53 Å². The van der Waals surface area contributed by atoms with Gasteiger partial charge >= 0.3 is 0 Å². The van der Waals surface area contributed by atoms with E-state index in [4.69, 9.17) is 4.74 Å². The largest absolute Gasteiger partial charge is 0.492 e. The van der Waals surface area contributed by atoms with Gasteiger partial charge in [0.05, 0.1) is 6.54 Å². The molecule has 0 radical (unpaired) electrons. The van der Waals surface area contributed by atoms with Gasteiger partial charge in [0.1, 0.15) is 12.4 Å². The number of para-hydroxylation sites is 1. The van der Waals surface area contributed by atoms with Gasteiger partial charge in [0, 0.05) is 50.1 Å². The summed E-state index contributed by atoms with van der Waals surface area (Å²) in [4.78, 5) is 21.2. The lowest BCUT2D eigenvalue weighted by Gasteiger charge is -2.28. The predicted octanol–water partition coefficient (Wildman–Crippen LogP) is 2.67. The second kappa shape index (κ2) is 8.32. The summed E-state index contributed by atoms with van der Waals surface area (Å²) in [6.07, 6.45) is 2.59. The fourth-order valence-electron chi connectivity index (χ4n) is 3.21. The Morgan fingerprint density at radius 2 is 2.15 bits per heavy atom. The molecule has 1 amide bonds. The van der Waals surface area contributed by atoms with Crippen LogP contribution in [0, 0.1) is 6.92 Å². The molecule has 138 valence electrons. The fraction of sp³-hybridized carbons (Fsp3) is 0.429. The molecule has 1 aliphatic rings. The first-order valence-corrected chi connectivity index (χ1v) is 9.13. The summed E-state index contributed by atoms with van der Waals surface area (Å²) in [5.41, 5.74) is 3.35. The van der Waals surface area contributed by atoms with Crippen LogP contribution in [0.2, 0.25) is 0 Å². The topological polar surface area (TPSA) is 45.7 Å². The Labute approximate surface area is 155 Å². The number of fused-ring (bicyclic) bond motifs is 1. The molecular weight excluding hydrogens is 326 g/mol. The summed E-state index contributed by atoms with van der Waals surface area (Å²) in [6.45, 7) is 6.63. The van der Waals surface area contributed by atoms with E-state index in [2.05, 4.69) is 35.9 Å². The molecule has 0 saturated heterocycles. The maximum Gasteiger partial charge on any atom is 0.236 e. The highest BCUT2D eigenvalue weighted by molar-refractivity contribution is 5.78. The number of rotatable bonds is 5. The highest BCUT2D eigenvalue weighted by atomic mass is 16.5. The molecule has 1 aromatic carbocycles. The Hall–Kier alpha value is -2.40. The summed E-state index contributed by atoms with van der Waals surface area (Å²) in [5, 5.41) is 0. The van der Waals surface area contributed by atoms with E-state index in [-0.39, 0.29) is 11.9 Å². The minimum Gasteiger partial charge on any atom is -0.492 e. The first-order chi connectivity index (χ1) is 12.5. The molecule has 0 aliphatic carbocycles. The number of pyridine rings is 1. The Bertz CT molecular complexity index is 762. The normalized spacial score (nSPS) is 15.5. The van der Waals surface area contributed by atoms with Crippen LogP contribution >= 0.6 is 0 Å². The molecule has 1 atom stereocenters. The van der Waals surface area contributed by atoms with Crippen molar-refractivity contribution in [2.75, 3.05) is 26.7 Å². The van der Waals surface area contributed by atoms with Gasteiger partial charge in [0.25, 0.3) is 0 Å². The smallest absolute Gasteiger partial charge is 0.236 e. The average molecular weight is 353 g/mol. The van der Waals surface area contributed by atoms with Crippen LogP contribution in [0.4, 0.5) is 0 Å². The molecule has 5 nitrogen and oxygen atoms in total. The monoisotopic (exact) mass is 353 g/mol. The summed E-state index contributed by atoms with van der Waals surface area (Å²) in [7, 11) is 1.88. The minimum absolute atomic E-state index is 0.104. The number of hydrogen-bond acceptors (Lipinski definition) is 4. The van der Waals surface area contributed by atoms with E-state index in [1.807, 2.05) is 42.4 Å². The lowest BCUT2D eigenvalue weighted by Crippen LogP contribution is -2.43. The maximum absolute atomic E-state index is 12.8. The zero-order valence-corrected chi connectivity index (χ0v) is 15.8. The summed E-state index contributed by atoms with van der Waals surface area (Å²) < 4.78 is 5.78. The lowest BCUT2D eigenvalue weighted by molar-refractivity contribution is -0.133. The molecule has 0 fully saturated rings. The first kappa shape index (κ1) is 18.4. The van der Waals surface area contributed by atoms with Crippen LogP contribution in [0.25, 0.3) is 0 Å². The number of carbonyl (C=O) groups is 1. The highest BCUT2D eigenvalue weighted by Crippen LogP contribution is 2.22. The fourth-order valence-corrected chi connectivity index (χ4v) is 3.21. The van der Waals surface area contributed by atoms with Crippen LogP contribution in [0.15, 0.2) is 42.6 Å². The van der Waals surface area contributed by atoms with Crippen LogP contribution in [-0.4, -0.2) is 53.5 Å². The third-order valence-corrected chi connectivity index (χ3v) is 4.92. The summed E-state index contributed by atoms with van der Waals surface area (Å²) >= 11 is 0. The van der Waals surface area contributed by atoms with E-state index in [0.29, 0.717) is 13.2 Å². The van der Waals surface area contributed by atoms with Gasteiger partial charge < -0.3 is 9.64 Å². The number of aromatic nitrogens is 1. The van der Waals surface area contributed by atoms with E-state index >= 15 is 0 Å². The summed E-state index contributed by atoms with van der Waals surface area (Å²) in [6, 6.07) is 12.2. The third-order valence-electron chi connectivity index (χ3n) is 4.92. The van der Waals surface area contributed by atoms with Crippen molar-refractivity contribution in [3.8, 4) is 5.75 Å². The van der Waals surface area contributed by atoms with Crippen LogP contribution in [0.3, 0.4) is 0 Å². The van der Waals surface area contributed by atoms with Gasteiger partial charge in [0.15, 0.2) is 0 Å². The van der Waals surface area contributed by atoms with Crippen molar-refractivity contribution in [2.24, 2.45) is 0 Å². The Morgan fingerprint density at radius 1 is 1.35 bits per heavy atom. The molecule has 1 aliphatic heterocycles. The molecule has 0 saturated carbocycles. The van der Waals surface area contributed by atoms with Gasteiger partial charge in [0.2, 0.25) is 5.91 Å². The number of ether oxygens (including phenoxy) is 1. The molecule has 0 spiro atoms. The first-order valence-electron chi connectivity index (χ1n) is 9.13. The zero-order chi connectivity index (χ0) is 18.5. The maximum atomic E-state index is 12.8. The van der Waals surface area contributed by atoms with Crippen LogP contribution in [0.5, 0.6) is 5.75 Å². The van der Waals surface area contributed by atoms with Gasteiger partial charge in [-0.15, -0.1) is 0 Å². The number of hydrogen-bond donors (Lipinski definition) is 0. The van der Waals surface area contributed by atoms with E-state index in [9.17, 15) is 4.79 Å². The van der Waals surface area contributed by atoms with Gasteiger partial charge in [-0.2, -0.15) is 0 Å². The van der Waals surface area contributed by atoms with E-state index in [0.717, 1.165) is 36.5 Å². The van der Waals surface area contributed by atoms with E-state index in [1.165, 1.54) is 5.56 Å². The Kier molecular flexibility index (Phi) is 5.89. The summed E-state index contributed by atoms with van der Waals surface area (Å²) in [5.74, 6) is 1.05. The van der Waals surface area contributed by atoms with Gasteiger partial charge in [-0.3, -0.25) is 14.7 Å². The molecule has 0 N–H and O–H groups in total. The van der Waals surface area contributed by atoms with Crippen LogP contribution in [0.1, 0.15) is 23.7 Å². The minimum atomic E-state index is 0.104. The van der Waals surface area contributed by atoms with Gasteiger partial charge in [-0.05, 0) is 37.6 Å². The molecule has 2 aromatic rings. The average Bonchev–Trinajstić information content (AvgIpc) is 2.82. The Morgan fingerprint density at radius 3 is 2.96 bits per heavy atom. The van der Waals surface area contributed by atoms with E-state index < -0.39 is 0 Å². The van der Waals surface area contributed by atoms with Crippen LogP contribution in [-0.2, 0) is 17.8 Å². The van der Waals surface area contributed by atoms with Crippen molar-refractivity contribution in [2.45, 2.75) is 32.9 Å². The quantitative estimate of drug-likeness (QED) is 0.829. The second-order valence-corrected chi connectivity index (χ2v) is 7.05. The third kappa shape index (κ3) is 4.61. The second-order valence-electron chi connectivity index (χ2n) is 7.05. The zero-order valence-electron chi connectivity index (χ0n) is 15.8. The molecule has 26 heavy (non-hydrogen) atoms. The predicted molar refractivity (Wildman–Crippen MR) is 102 cm³/mol. The molecule has 0 unspecified atom stereocenters. The van der Waals surface area contributed by atoms with Crippen molar-refractivity contribution in [3.63, 3.8) is 0 Å². The molecular formula is C21H27N3O2. The molecule has 3 rings (SSSR count). The molecule has 0 bridgehead atoms. The van der Waals surface area contributed by atoms with Crippen molar-refractivity contribution >= 4 is 5.91 Å². The number of amides is 1. The van der Waals surface area contributed by atoms with Gasteiger partial charge in [-0.1, -0.05) is 18.2 Å². The number of nitrogens with zero attached hydrogens (tertiary/aromatic N) is 3. The van der Waals surface area contributed by atoms with Crippen molar-refractivity contribution in [1.29, 1.82) is 0 Å². The molecule has 2 heterocycles. The number of aryl methyl sites for hydroxylation is 1. The van der Waals surface area contributed by atoms with Crippen molar-refractivity contribution in [1.82, 2.24) is 14.8 Å². The van der Waals surface area contributed by atoms with Crippen LogP contribution < -0.4 is 4.74 Å². The SMILES string of the molecule is Cc1ccnc(C[C@H](C)N(C)C(=O)CN2CCOc3ccccc3C2)c1. The standard InChI is InChI=1S/C21H27N3O2/c1-16-8-9-22-19(12-16)13-17(2)23(3)21(25)15-24-10-11-26-20-7-5-4-6-18(20)14-24/h4-9,12,17H,10-11,13-15H2,1-3H3/t17-/m0/s1. The lowest BCUT2D eigenvalue weighted by atomic mass is 10.1. The highest BCUT2D eigenvalue weighted by Gasteiger charge is 2.22. The van der Waals surface area contributed by atoms with E-state index in [1.54, 1.807) is 0 Å². The number of carbonyl (C=O) groups excluding carboxylic acids is 1. The molecule has 5 heteroatoms.